The quantitative estimate of drug-likeness (QED) is 0.577. The highest BCUT2D eigenvalue weighted by Gasteiger charge is 2.09. The smallest absolute Gasteiger partial charge is 0.124 e. The number of carbonyl (C=O) groups excluding carboxylic acids is 1. The maximum atomic E-state index is 12.6. The highest BCUT2D eigenvalue weighted by molar-refractivity contribution is 7.65. The topological polar surface area (TPSA) is 84.0 Å². The summed E-state index contributed by atoms with van der Waals surface area (Å²) in [4.78, 5) is 24.8. The Hall–Kier alpha value is -2.49. The van der Waals surface area contributed by atoms with Gasteiger partial charge < -0.3 is 20.0 Å². The number of benzene rings is 2. The van der Waals surface area contributed by atoms with Gasteiger partial charge in [0.2, 0.25) is 0 Å². The summed E-state index contributed by atoms with van der Waals surface area (Å²) in [6.07, 6.45) is 3.46. The lowest BCUT2D eigenvalue weighted by atomic mass is 10.3. The van der Waals surface area contributed by atoms with Crippen LogP contribution < -0.4 is 21.5 Å². The summed E-state index contributed by atoms with van der Waals surface area (Å²) in [5.41, 5.74) is 7.82. The van der Waals surface area contributed by atoms with Gasteiger partial charge in [0.25, 0.3) is 0 Å². The number of carbonyl (C=O) groups is 1. The molecular formula is C16H15N3O2P-. The van der Waals surface area contributed by atoms with Gasteiger partial charge in [-0.15, -0.1) is 0 Å². The first-order valence-electron chi connectivity index (χ1n) is 6.46. The zero-order valence-electron chi connectivity index (χ0n) is 11.8. The average molecular weight is 312 g/mol. The van der Waals surface area contributed by atoms with Crippen molar-refractivity contribution < 1.29 is 9.69 Å². The van der Waals surface area contributed by atoms with E-state index < -0.39 is 8.15 Å². The van der Waals surface area contributed by atoms with Gasteiger partial charge in [0.1, 0.15) is 12.4 Å². The lowest BCUT2D eigenvalue weighted by Crippen LogP contribution is -2.27. The van der Waals surface area contributed by atoms with E-state index in [4.69, 9.17) is 10.5 Å². The Morgan fingerprint density at radius 1 is 1.05 bits per heavy atom. The summed E-state index contributed by atoms with van der Waals surface area (Å²) in [7, 11) is -1.72. The van der Waals surface area contributed by atoms with Crippen molar-refractivity contribution in [2.75, 3.05) is 5.73 Å². The largest absolute Gasteiger partial charge is 0.820 e. The Kier molecular flexibility index (Phi) is 5.42. The van der Waals surface area contributed by atoms with E-state index in [0.29, 0.717) is 11.3 Å². The van der Waals surface area contributed by atoms with Crippen LogP contribution in [0.2, 0.25) is 0 Å². The number of nitrogens with zero attached hydrogens (tertiary/aromatic N) is 2. The molecule has 3 aromatic rings. The molecule has 0 saturated heterocycles. The first-order chi connectivity index (χ1) is 10.8. The fourth-order valence-electron chi connectivity index (χ4n) is 1.96. The molecule has 0 spiro atoms. The van der Waals surface area contributed by atoms with Gasteiger partial charge in [0.05, 0.1) is 0 Å². The van der Waals surface area contributed by atoms with E-state index in [0.717, 1.165) is 11.0 Å². The molecular weight excluding hydrogens is 297 g/mol. The van der Waals surface area contributed by atoms with E-state index in [-0.39, 0.29) is 0 Å². The molecule has 1 aromatic heterocycles. The number of aromatic nitrogens is 2. The first-order valence-corrected chi connectivity index (χ1v) is 7.72. The van der Waals surface area contributed by atoms with Crippen molar-refractivity contribution in [3.05, 3.63) is 67.0 Å². The zero-order valence-corrected chi connectivity index (χ0v) is 12.7. The number of rotatable bonds is 3. The molecule has 2 N–H and O–H groups in total. The molecule has 6 heteroatoms. The van der Waals surface area contributed by atoms with E-state index in [2.05, 4.69) is 4.98 Å². The Balaban J connectivity index is 0.000000847. The van der Waals surface area contributed by atoms with Crippen LogP contribution in [0.1, 0.15) is 0 Å². The van der Waals surface area contributed by atoms with Crippen molar-refractivity contribution in [1.82, 2.24) is 9.55 Å². The van der Waals surface area contributed by atoms with Crippen molar-refractivity contribution in [3.8, 4) is 5.69 Å². The molecule has 0 aliphatic heterocycles. The average Bonchev–Trinajstić information content (AvgIpc) is 3.07. The SMILES string of the molecule is C=O.Nc1ccc(-n2ccnc2P([O-])c2ccccc2)cc1. The Labute approximate surface area is 129 Å². The van der Waals surface area contributed by atoms with E-state index in [1.807, 2.05) is 66.0 Å². The third-order valence-electron chi connectivity index (χ3n) is 2.96. The van der Waals surface area contributed by atoms with E-state index >= 15 is 0 Å². The fourth-order valence-corrected chi connectivity index (χ4v) is 3.18. The number of hydrogen-bond acceptors (Lipinski definition) is 4. The second-order valence-corrected chi connectivity index (χ2v) is 5.82. The van der Waals surface area contributed by atoms with Gasteiger partial charge in [-0.3, -0.25) is 0 Å². The third kappa shape index (κ3) is 3.39. The monoisotopic (exact) mass is 312 g/mol. The van der Waals surface area contributed by atoms with Gasteiger partial charge in [0.15, 0.2) is 0 Å². The number of nitrogens with two attached hydrogens (primary N) is 1. The second-order valence-electron chi connectivity index (χ2n) is 4.32. The molecule has 112 valence electrons. The lowest BCUT2D eigenvalue weighted by Gasteiger charge is -2.24. The van der Waals surface area contributed by atoms with Crippen LogP contribution >= 0.6 is 8.15 Å². The third-order valence-corrected chi connectivity index (χ3v) is 4.43. The number of nitrogen functional groups attached to an aromatic ring is 1. The number of hydrogen-bond donors (Lipinski definition) is 1. The van der Waals surface area contributed by atoms with Crippen LogP contribution in [-0.2, 0) is 4.79 Å². The summed E-state index contributed by atoms with van der Waals surface area (Å²) in [6, 6.07) is 16.7. The fraction of sp³-hybridized carbons (Fsp3) is 0. The molecule has 5 nitrogen and oxygen atoms in total. The van der Waals surface area contributed by atoms with Crippen LogP contribution in [0.25, 0.3) is 5.69 Å². The molecule has 0 aliphatic carbocycles. The Bertz CT molecular complexity index is 714. The Morgan fingerprint density at radius 3 is 2.32 bits per heavy atom. The van der Waals surface area contributed by atoms with Crippen molar-refractivity contribution >= 4 is 31.5 Å². The molecule has 1 unspecified atom stereocenters. The summed E-state index contributed by atoms with van der Waals surface area (Å²) in [5.74, 6) is 0. The lowest BCUT2D eigenvalue weighted by molar-refractivity contribution is -0.153. The maximum Gasteiger partial charge on any atom is 0.124 e. The van der Waals surface area contributed by atoms with Crippen LogP contribution in [0.15, 0.2) is 67.0 Å². The molecule has 0 aliphatic rings. The molecule has 0 amide bonds. The van der Waals surface area contributed by atoms with E-state index in [9.17, 15) is 4.89 Å². The van der Waals surface area contributed by atoms with E-state index in [1.165, 1.54) is 0 Å². The van der Waals surface area contributed by atoms with E-state index in [1.54, 1.807) is 12.4 Å². The van der Waals surface area contributed by atoms with Gasteiger partial charge in [0, 0.05) is 23.8 Å². The predicted octanol–water partition coefficient (Wildman–Crippen LogP) is 0.978. The zero-order chi connectivity index (χ0) is 15.9. The van der Waals surface area contributed by atoms with Crippen LogP contribution in [0.4, 0.5) is 5.69 Å². The van der Waals surface area contributed by atoms with Crippen molar-refractivity contribution in [3.63, 3.8) is 0 Å². The molecule has 1 heterocycles. The molecule has 22 heavy (non-hydrogen) atoms. The minimum absolute atomic E-state index is 0.538. The molecule has 0 bridgehead atoms. The summed E-state index contributed by atoms with van der Waals surface area (Å²) < 4.78 is 1.82. The molecule has 0 radical (unpaired) electrons. The van der Waals surface area contributed by atoms with Gasteiger partial charge in [-0.1, -0.05) is 38.5 Å². The standard InChI is InChI=1S/C15H13N3OP.CH2O/c16-12-6-8-13(9-7-12)18-11-10-17-15(18)20(19)14-4-2-1-3-5-14;1-2/h1-11H,16H2;1H2/q-1;. The molecule has 1 atom stereocenters. The van der Waals surface area contributed by atoms with Crippen LogP contribution in [-0.4, -0.2) is 16.3 Å². The van der Waals surface area contributed by atoms with Crippen LogP contribution in [0.5, 0.6) is 0 Å². The van der Waals surface area contributed by atoms with Crippen molar-refractivity contribution in [1.29, 1.82) is 0 Å². The van der Waals surface area contributed by atoms with Crippen LogP contribution in [0.3, 0.4) is 0 Å². The predicted molar refractivity (Wildman–Crippen MR) is 87.7 cm³/mol. The number of imidazole rings is 1. The van der Waals surface area contributed by atoms with Gasteiger partial charge in [-0.2, -0.15) is 0 Å². The maximum absolute atomic E-state index is 12.6. The summed E-state index contributed by atoms with van der Waals surface area (Å²) >= 11 is 0. The molecule has 2 aromatic carbocycles. The second kappa shape index (κ2) is 7.50. The van der Waals surface area contributed by atoms with Gasteiger partial charge in [-0.25, -0.2) is 4.98 Å². The van der Waals surface area contributed by atoms with Crippen LogP contribution in [0, 0.1) is 0 Å². The minimum Gasteiger partial charge on any atom is -0.820 e. The molecule has 3 rings (SSSR count). The minimum atomic E-state index is -1.72. The van der Waals surface area contributed by atoms with Crippen molar-refractivity contribution in [2.45, 2.75) is 0 Å². The van der Waals surface area contributed by atoms with Gasteiger partial charge in [-0.05, 0) is 29.6 Å². The molecule has 0 fully saturated rings. The Morgan fingerprint density at radius 2 is 1.68 bits per heavy atom. The first kappa shape index (κ1) is 15.9. The highest BCUT2D eigenvalue weighted by atomic mass is 31.1. The van der Waals surface area contributed by atoms with Crippen molar-refractivity contribution in [2.24, 2.45) is 0 Å². The normalized spacial score (nSPS) is 11.3. The number of anilines is 1. The summed E-state index contributed by atoms with van der Waals surface area (Å²) in [6.45, 7) is 2.00. The molecule has 0 saturated carbocycles. The summed E-state index contributed by atoms with van der Waals surface area (Å²) in [5, 5.41) is 0.769. The highest BCUT2D eigenvalue weighted by Crippen LogP contribution is 2.23. The van der Waals surface area contributed by atoms with Gasteiger partial charge >= 0.3 is 0 Å².